The van der Waals surface area contributed by atoms with Crippen LogP contribution in [0.3, 0.4) is 0 Å². The summed E-state index contributed by atoms with van der Waals surface area (Å²) < 4.78 is 5.09. The molecule has 1 aliphatic rings. The molecule has 0 aliphatic heterocycles. The molecule has 1 aliphatic carbocycles. The van der Waals surface area contributed by atoms with E-state index < -0.39 is 0 Å². The summed E-state index contributed by atoms with van der Waals surface area (Å²) in [7, 11) is 1.44. The summed E-state index contributed by atoms with van der Waals surface area (Å²) in [5, 5.41) is 9.87. The lowest BCUT2D eigenvalue weighted by Gasteiger charge is -2.20. The zero-order valence-corrected chi connectivity index (χ0v) is 18.2. The lowest BCUT2D eigenvalue weighted by Crippen LogP contribution is -2.18. The van der Waals surface area contributed by atoms with Crippen LogP contribution >= 0.6 is 0 Å². The minimum Gasteiger partial charge on any atom is -0.508 e. The molecular weight excluding hydrogens is 376 g/mol. The van der Waals surface area contributed by atoms with Gasteiger partial charge in [0.05, 0.1) is 13.0 Å². The van der Waals surface area contributed by atoms with Gasteiger partial charge in [-0.15, -0.1) is 0 Å². The van der Waals surface area contributed by atoms with E-state index in [2.05, 4.69) is 31.2 Å². The van der Waals surface area contributed by atoms with Crippen molar-refractivity contribution in [3.8, 4) is 5.75 Å². The van der Waals surface area contributed by atoms with Gasteiger partial charge in [-0.2, -0.15) is 0 Å². The van der Waals surface area contributed by atoms with Gasteiger partial charge >= 0.3 is 5.97 Å². The summed E-state index contributed by atoms with van der Waals surface area (Å²) >= 11 is 0. The molecule has 0 saturated heterocycles. The minimum atomic E-state index is -0.288. The molecule has 4 heteroatoms. The third kappa shape index (κ3) is 5.50. The molecule has 0 radical (unpaired) electrons. The van der Waals surface area contributed by atoms with Crippen LogP contribution in [0.5, 0.6) is 5.75 Å². The molecule has 2 aromatic rings. The van der Waals surface area contributed by atoms with Crippen LogP contribution in [0.1, 0.15) is 73.6 Å². The number of rotatable bonds is 7. The number of methoxy groups -OCH3 is 1. The van der Waals surface area contributed by atoms with Gasteiger partial charge in [0.2, 0.25) is 0 Å². The fraction of sp³-hybridized carbons (Fsp3) is 0.462. The number of carbonyl (C=O) groups is 2. The molecule has 30 heavy (non-hydrogen) atoms. The smallest absolute Gasteiger partial charge is 0.313 e. The Morgan fingerprint density at radius 2 is 1.90 bits per heavy atom. The Bertz CT molecular complexity index is 884. The molecule has 0 aromatic heterocycles. The van der Waals surface area contributed by atoms with Crippen molar-refractivity contribution in [2.75, 3.05) is 7.11 Å². The van der Waals surface area contributed by atoms with Gasteiger partial charge in [-0.05, 0) is 85.3 Å². The number of phenolic OH excluding ortho intramolecular Hbond substituents is 1. The van der Waals surface area contributed by atoms with E-state index in [1.807, 2.05) is 6.07 Å². The predicted octanol–water partition coefficient (Wildman–Crippen LogP) is 5.32. The fourth-order valence-electron chi connectivity index (χ4n) is 4.54. The van der Waals surface area contributed by atoms with E-state index in [-0.39, 0.29) is 23.4 Å². The van der Waals surface area contributed by atoms with E-state index in [9.17, 15) is 14.7 Å². The number of hydrogen-bond donors (Lipinski definition) is 1. The van der Waals surface area contributed by atoms with Crippen LogP contribution in [-0.2, 0) is 27.2 Å². The normalized spacial score (nSPS) is 19.4. The fourth-order valence-corrected chi connectivity index (χ4v) is 4.54. The van der Waals surface area contributed by atoms with Crippen molar-refractivity contribution in [1.29, 1.82) is 0 Å². The number of aryl methyl sites for hydroxylation is 1. The monoisotopic (exact) mass is 408 g/mol. The maximum absolute atomic E-state index is 12.5. The molecule has 1 N–H and O–H groups in total. The molecule has 3 rings (SSSR count). The Labute approximate surface area is 179 Å². The van der Waals surface area contributed by atoms with Gasteiger partial charge in [-0.1, -0.05) is 37.3 Å². The zero-order valence-electron chi connectivity index (χ0n) is 18.2. The highest BCUT2D eigenvalue weighted by atomic mass is 16.5. The van der Waals surface area contributed by atoms with E-state index in [1.54, 1.807) is 19.1 Å². The van der Waals surface area contributed by atoms with Gasteiger partial charge in [0.15, 0.2) is 0 Å². The zero-order chi connectivity index (χ0) is 21.7. The van der Waals surface area contributed by atoms with Crippen molar-refractivity contribution in [3.05, 3.63) is 64.7 Å². The van der Waals surface area contributed by atoms with Crippen molar-refractivity contribution in [2.45, 2.75) is 64.2 Å². The second-order valence-electron chi connectivity index (χ2n) is 8.69. The molecule has 0 fully saturated rings. The number of ketones is 1. The average molecular weight is 409 g/mol. The first-order valence-corrected chi connectivity index (χ1v) is 10.8. The molecule has 0 amide bonds. The average Bonchev–Trinajstić information content (AvgIpc) is 2.91. The summed E-state index contributed by atoms with van der Waals surface area (Å²) in [5.74, 6) is 0.718. The van der Waals surface area contributed by atoms with Gasteiger partial charge in [0.1, 0.15) is 11.5 Å². The highest BCUT2D eigenvalue weighted by Crippen LogP contribution is 2.37. The highest BCUT2D eigenvalue weighted by Gasteiger charge is 2.30. The standard InChI is InChI=1S/C26H32O4/c1-17(4-5-18(2)27)21-9-6-19(7-10-21)14-20-8-11-22-16-23(28)12-13-24(22)25(15-20)26(29)30-3/h6-7,9-10,12-13,16-17,20,25,28H,4-5,8,11,14-15H2,1-3H3/t17-,20?,25?/m1/s1. The molecule has 0 spiro atoms. The van der Waals surface area contributed by atoms with E-state index in [1.165, 1.54) is 18.2 Å². The number of carbonyl (C=O) groups excluding carboxylic acids is 2. The van der Waals surface area contributed by atoms with E-state index in [0.717, 1.165) is 43.2 Å². The first-order chi connectivity index (χ1) is 14.4. The topological polar surface area (TPSA) is 63.6 Å². The molecule has 2 aromatic carbocycles. The number of aromatic hydroxyl groups is 1. The summed E-state index contributed by atoms with van der Waals surface area (Å²) in [6.07, 6.45) is 4.98. The molecule has 2 unspecified atom stereocenters. The number of hydrogen-bond acceptors (Lipinski definition) is 4. The van der Waals surface area contributed by atoms with Crippen molar-refractivity contribution >= 4 is 11.8 Å². The quantitative estimate of drug-likeness (QED) is 0.498. The van der Waals surface area contributed by atoms with E-state index >= 15 is 0 Å². The molecule has 0 heterocycles. The van der Waals surface area contributed by atoms with Crippen LogP contribution in [-0.4, -0.2) is 24.0 Å². The Morgan fingerprint density at radius 3 is 2.57 bits per heavy atom. The first-order valence-electron chi connectivity index (χ1n) is 10.8. The molecule has 160 valence electrons. The Morgan fingerprint density at radius 1 is 1.17 bits per heavy atom. The van der Waals surface area contributed by atoms with Gasteiger partial charge in [-0.25, -0.2) is 0 Å². The number of ether oxygens (including phenoxy) is 1. The second kappa shape index (κ2) is 9.92. The van der Waals surface area contributed by atoms with Gasteiger partial charge < -0.3 is 14.6 Å². The van der Waals surface area contributed by atoms with Crippen molar-refractivity contribution in [1.82, 2.24) is 0 Å². The maximum atomic E-state index is 12.5. The van der Waals surface area contributed by atoms with Crippen LogP contribution in [0, 0.1) is 5.92 Å². The van der Waals surface area contributed by atoms with Crippen molar-refractivity contribution in [3.63, 3.8) is 0 Å². The lowest BCUT2D eigenvalue weighted by molar-refractivity contribution is -0.142. The number of fused-ring (bicyclic) bond motifs is 1. The third-order valence-electron chi connectivity index (χ3n) is 6.38. The molecule has 0 bridgehead atoms. The van der Waals surface area contributed by atoms with Crippen LogP contribution < -0.4 is 0 Å². The number of Topliss-reactive ketones (excluding diaryl/α,β-unsaturated/α-hetero) is 1. The summed E-state index contributed by atoms with van der Waals surface area (Å²) in [6.45, 7) is 3.81. The predicted molar refractivity (Wildman–Crippen MR) is 118 cm³/mol. The van der Waals surface area contributed by atoms with Crippen molar-refractivity contribution in [2.24, 2.45) is 5.92 Å². The number of esters is 1. The second-order valence-corrected chi connectivity index (χ2v) is 8.69. The molecule has 0 saturated carbocycles. The SMILES string of the molecule is COC(=O)C1CC(Cc2ccc([C@H](C)CCC(C)=O)cc2)CCc2cc(O)ccc21. The van der Waals surface area contributed by atoms with Crippen LogP contribution in [0.25, 0.3) is 0 Å². The van der Waals surface area contributed by atoms with Crippen LogP contribution in [0.15, 0.2) is 42.5 Å². The first kappa shape index (κ1) is 22.1. The van der Waals surface area contributed by atoms with Crippen molar-refractivity contribution < 1.29 is 19.4 Å². The van der Waals surface area contributed by atoms with Gasteiger partial charge in [0.25, 0.3) is 0 Å². The van der Waals surface area contributed by atoms with E-state index in [4.69, 9.17) is 4.74 Å². The third-order valence-corrected chi connectivity index (χ3v) is 6.38. The number of phenols is 1. The maximum Gasteiger partial charge on any atom is 0.313 e. The van der Waals surface area contributed by atoms with Crippen LogP contribution in [0.2, 0.25) is 0 Å². The summed E-state index contributed by atoms with van der Waals surface area (Å²) in [5.41, 5.74) is 4.55. The van der Waals surface area contributed by atoms with Gasteiger partial charge in [0, 0.05) is 6.42 Å². The van der Waals surface area contributed by atoms with E-state index in [0.29, 0.717) is 18.3 Å². The largest absolute Gasteiger partial charge is 0.508 e. The summed E-state index contributed by atoms with van der Waals surface area (Å²) in [6, 6.07) is 14.0. The van der Waals surface area contributed by atoms with Crippen LogP contribution in [0.4, 0.5) is 0 Å². The summed E-state index contributed by atoms with van der Waals surface area (Å²) in [4.78, 5) is 23.7. The number of benzene rings is 2. The Kier molecular flexibility index (Phi) is 7.30. The Hall–Kier alpha value is -2.62. The Balaban J connectivity index is 1.71. The van der Waals surface area contributed by atoms with Gasteiger partial charge in [-0.3, -0.25) is 4.79 Å². The highest BCUT2D eigenvalue weighted by molar-refractivity contribution is 5.79. The molecular formula is C26H32O4. The minimum absolute atomic E-state index is 0.205. The lowest BCUT2D eigenvalue weighted by atomic mass is 9.86. The molecule has 3 atom stereocenters. The molecule has 4 nitrogen and oxygen atoms in total.